The molecular formula is C9H14N2O. The summed E-state index contributed by atoms with van der Waals surface area (Å²) >= 11 is 0. The fourth-order valence-electron chi connectivity index (χ4n) is 1.80. The van der Waals surface area contributed by atoms with Crippen LogP contribution in [0.3, 0.4) is 0 Å². The maximum absolute atomic E-state index is 11.4. The van der Waals surface area contributed by atoms with Crippen molar-refractivity contribution in [1.82, 2.24) is 10.2 Å². The molecule has 0 aromatic rings. The SMILES string of the molecule is O=C1NCCN2CCCCC=C12. The number of allylic oxidation sites excluding steroid dienone is 1. The number of hydrogen-bond acceptors (Lipinski definition) is 2. The van der Waals surface area contributed by atoms with E-state index in [0.29, 0.717) is 0 Å². The molecule has 3 heteroatoms. The summed E-state index contributed by atoms with van der Waals surface area (Å²) in [5.74, 6) is 0.114. The van der Waals surface area contributed by atoms with E-state index in [1.54, 1.807) is 0 Å². The molecule has 0 atom stereocenters. The maximum atomic E-state index is 11.4. The number of fused-ring (bicyclic) bond motifs is 1. The molecule has 1 N–H and O–H groups in total. The fourth-order valence-corrected chi connectivity index (χ4v) is 1.80. The molecular weight excluding hydrogens is 152 g/mol. The van der Waals surface area contributed by atoms with Gasteiger partial charge in [-0.15, -0.1) is 0 Å². The van der Waals surface area contributed by atoms with Gasteiger partial charge in [0.15, 0.2) is 0 Å². The molecule has 1 amide bonds. The topological polar surface area (TPSA) is 32.3 Å². The molecule has 2 aliphatic rings. The number of carbonyl (C=O) groups excluding carboxylic acids is 1. The summed E-state index contributed by atoms with van der Waals surface area (Å²) in [7, 11) is 0. The molecule has 0 spiro atoms. The molecule has 0 aromatic heterocycles. The van der Waals surface area contributed by atoms with Crippen molar-refractivity contribution in [2.75, 3.05) is 19.6 Å². The Hall–Kier alpha value is -0.990. The Labute approximate surface area is 72.4 Å². The van der Waals surface area contributed by atoms with Crippen LogP contribution < -0.4 is 5.32 Å². The standard InChI is InChI=1S/C9H14N2O/c12-9-8-4-2-1-3-6-11(8)7-5-10-9/h4H,1-3,5-7H2,(H,10,12). The number of nitrogens with one attached hydrogen (secondary N) is 1. The number of hydrogen-bond donors (Lipinski definition) is 1. The van der Waals surface area contributed by atoms with E-state index in [2.05, 4.69) is 16.3 Å². The van der Waals surface area contributed by atoms with E-state index < -0.39 is 0 Å². The Morgan fingerprint density at radius 2 is 2.25 bits per heavy atom. The Bertz CT molecular complexity index is 223. The molecule has 0 aromatic carbocycles. The number of rotatable bonds is 0. The minimum atomic E-state index is 0.114. The van der Waals surface area contributed by atoms with Crippen molar-refractivity contribution < 1.29 is 4.79 Å². The lowest BCUT2D eigenvalue weighted by Crippen LogP contribution is -2.45. The van der Waals surface area contributed by atoms with E-state index in [4.69, 9.17) is 0 Å². The molecule has 0 unspecified atom stereocenters. The van der Waals surface area contributed by atoms with Gasteiger partial charge >= 0.3 is 0 Å². The third-order valence-electron chi connectivity index (χ3n) is 2.46. The zero-order valence-corrected chi connectivity index (χ0v) is 7.18. The summed E-state index contributed by atoms with van der Waals surface area (Å²) in [6.45, 7) is 2.84. The first-order valence-corrected chi connectivity index (χ1v) is 4.61. The monoisotopic (exact) mass is 166 g/mol. The van der Waals surface area contributed by atoms with Gasteiger partial charge < -0.3 is 10.2 Å². The first kappa shape index (κ1) is 7.65. The zero-order valence-electron chi connectivity index (χ0n) is 7.18. The third kappa shape index (κ3) is 1.31. The summed E-state index contributed by atoms with van der Waals surface area (Å²) < 4.78 is 0. The summed E-state index contributed by atoms with van der Waals surface area (Å²) in [6.07, 6.45) is 5.56. The Morgan fingerprint density at radius 1 is 1.33 bits per heavy atom. The van der Waals surface area contributed by atoms with Gasteiger partial charge in [0, 0.05) is 19.6 Å². The van der Waals surface area contributed by atoms with Gasteiger partial charge in [-0.2, -0.15) is 0 Å². The fraction of sp³-hybridized carbons (Fsp3) is 0.667. The zero-order chi connectivity index (χ0) is 8.39. The normalized spacial score (nSPS) is 23.8. The Morgan fingerprint density at radius 3 is 3.17 bits per heavy atom. The molecule has 0 aliphatic carbocycles. The highest BCUT2D eigenvalue weighted by molar-refractivity contribution is 5.93. The summed E-state index contributed by atoms with van der Waals surface area (Å²) in [5, 5.41) is 2.86. The molecule has 0 radical (unpaired) electrons. The molecule has 12 heavy (non-hydrogen) atoms. The highest BCUT2D eigenvalue weighted by atomic mass is 16.2. The largest absolute Gasteiger partial charge is 0.366 e. The van der Waals surface area contributed by atoms with Crippen molar-refractivity contribution in [1.29, 1.82) is 0 Å². The van der Waals surface area contributed by atoms with Crippen LogP contribution in [-0.2, 0) is 4.79 Å². The van der Waals surface area contributed by atoms with E-state index in [1.165, 1.54) is 12.8 Å². The third-order valence-corrected chi connectivity index (χ3v) is 2.46. The van der Waals surface area contributed by atoms with Gasteiger partial charge in [-0.3, -0.25) is 4.79 Å². The highest BCUT2D eigenvalue weighted by Crippen LogP contribution is 2.16. The van der Waals surface area contributed by atoms with Gasteiger partial charge in [0.1, 0.15) is 0 Å². The van der Waals surface area contributed by atoms with Gasteiger partial charge in [-0.05, 0) is 19.3 Å². The average Bonchev–Trinajstić information content (AvgIpc) is 2.30. The lowest BCUT2D eigenvalue weighted by atomic mass is 10.2. The highest BCUT2D eigenvalue weighted by Gasteiger charge is 2.22. The van der Waals surface area contributed by atoms with Crippen LogP contribution in [0.15, 0.2) is 11.8 Å². The molecule has 2 aliphatic heterocycles. The van der Waals surface area contributed by atoms with Gasteiger partial charge in [0.25, 0.3) is 5.91 Å². The molecule has 2 rings (SSSR count). The van der Waals surface area contributed by atoms with Crippen LogP contribution in [-0.4, -0.2) is 30.4 Å². The molecule has 0 bridgehead atoms. The molecule has 66 valence electrons. The first-order valence-electron chi connectivity index (χ1n) is 4.61. The minimum Gasteiger partial charge on any atom is -0.366 e. The molecule has 0 saturated carbocycles. The second-order valence-electron chi connectivity index (χ2n) is 3.33. The molecule has 2 heterocycles. The maximum Gasteiger partial charge on any atom is 0.267 e. The van der Waals surface area contributed by atoms with E-state index in [9.17, 15) is 4.79 Å². The van der Waals surface area contributed by atoms with Crippen molar-refractivity contribution in [3.8, 4) is 0 Å². The van der Waals surface area contributed by atoms with E-state index in [1.807, 2.05) is 0 Å². The predicted octanol–water partition coefficient (Wildman–Crippen LogP) is 0.486. The van der Waals surface area contributed by atoms with Crippen LogP contribution in [0.25, 0.3) is 0 Å². The van der Waals surface area contributed by atoms with Crippen molar-refractivity contribution in [3.05, 3.63) is 11.8 Å². The summed E-state index contributed by atoms with van der Waals surface area (Å²) in [4.78, 5) is 13.6. The van der Waals surface area contributed by atoms with E-state index in [0.717, 1.165) is 31.8 Å². The van der Waals surface area contributed by atoms with E-state index >= 15 is 0 Å². The lowest BCUT2D eigenvalue weighted by molar-refractivity contribution is -0.120. The number of amides is 1. The molecule has 3 nitrogen and oxygen atoms in total. The molecule has 1 fully saturated rings. The quantitative estimate of drug-likeness (QED) is 0.568. The minimum absolute atomic E-state index is 0.114. The van der Waals surface area contributed by atoms with E-state index in [-0.39, 0.29) is 5.91 Å². The van der Waals surface area contributed by atoms with Crippen molar-refractivity contribution in [3.63, 3.8) is 0 Å². The first-order chi connectivity index (χ1) is 5.88. The van der Waals surface area contributed by atoms with Crippen LogP contribution in [0.4, 0.5) is 0 Å². The van der Waals surface area contributed by atoms with Crippen LogP contribution in [0.2, 0.25) is 0 Å². The number of nitrogens with zero attached hydrogens (tertiary/aromatic N) is 1. The van der Waals surface area contributed by atoms with Gasteiger partial charge in [-0.25, -0.2) is 0 Å². The second-order valence-corrected chi connectivity index (χ2v) is 3.33. The van der Waals surface area contributed by atoms with Crippen LogP contribution in [0.1, 0.15) is 19.3 Å². The van der Waals surface area contributed by atoms with Crippen molar-refractivity contribution in [2.24, 2.45) is 0 Å². The van der Waals surface area contributed by atoms with Gasteiger partial charge in [-0.1, -0.05) is 6.08 Å². The van der Waals surface area contributed by atoms with Crippen molar-refractivity contribution >= 4 is 5.91 Å². The predicted molar refractivity (Wildman–Crippen MR) is 46.5 cm³/mol. The summed E-state index contributed by atoms with van der Waals surface area (Å²) in [6, 6.07) is 0. The Balaban J connectivity index is 2.18. The van der Waals surface area contributed by atoms with Gasteiger partial charge in [0.2, 0.25) is 0 Å². The van der Waals surface area contributed by atoms with Crippen molar-refractivity contribution in [2.45, 2.75) is 19.3 Å². The Kier molecular flexibility index (Phi) is 2.02. The molecule has 1 saturated heterocycles. The summed E-state index contributed by atoms with van der Waals surface area (Å²) in [5.41, 5.74) is 0.902. The number of carbonyl (C=O) groups is 1. The average molecular weight is 166 g/mol. The second kappa shape index (κ2) is 3.17. The van der Waals surface area contributed by atoms with Crippen LogP contribution >= 0.6 is 0 Å². The smallest absolute Gasteiger partial charge is 0.267 e. The van der Waals surface area contributed by atoms with Gasteiger partial charge in [0.05, 0.1) is 5.70 Å². The van der Waals surface area contributed by atoms with Crippen LogP contribution in [0.5, 0.6) is 0 Å². The van der Waals surface area contributed by atoms with Crippen LogP contribution in [0, 0.1) is 0 Å². The number of piperazine rings is 1. The lowest BCUT2D eigenvalue weighted by Gasteiger charge is -2.29.